The molecule has 4 bridgehead atoms. The molecule has 1 N–H and O–H groups in total. The Hall–Kier alpha value is -2.47. The minimum Gasteiger partial charge on any atom is -0.381 e. The minimum atomic E-state index is -0.104. The molecule has 198 valence electrons. The van der Waals surface area contributed by atoms with E-state index in [1.807, 2.05) is 31.2 Å². The van der Waals surface area contributed by atoms with Crippen molar-refractivity contribution in [2.75, 3.05) is 7.11 Å². The fraction of sp³-hybridized carbons (Fsp3) is 0.645. The minimum absolute atomic E-state index is 0.0199. The molecular weight excluding hydrogens is 464 g/mol. The van der Waals surface area contributed by atoms with Crippen molar-refractivity contribution >= 4 is 22.6 Å². The molecule has 37 heavy (non-hydrogen) atoms. The predicted molar refractivity (Wildman–Crippen MR) is 144 cm³/mol. The molecule has 5 fully saturated rings. The largest absolute Gasteiger partial charge is 0.381 e. The van der Waals surface area contributed by atoms with E-state index in [0.29, 0.717) is 17.5 Å². The zero-order valence-corrected chi connectivity index (χ0v) is 22.3. The normalized spacial score (nSPS) is 32.5. The maximum absolute atomic E-state index is 13.4. The van der Waals surface area contributed by atoms with E-state index in [1.54, 1.807) is 11.7 Å². The van der Waals surface area contributed by atoms with Crippen molar-refractivity contribution in [3.8, 4) is 0 Å². The van der Waals surface area contributed by atoms with Crippen LogP contribution in [0.15, 0.2) is 29.1 Å². The topological polar surface area (TPSA) is 77.4 Å². The molecule has 0 saturated heterocycles. The molecule has 7 rings (SSSR count). The molecule has 0 atom stereocenters. The van der Waals surface area contributed by atoms with Gasteiger partial charge in [0.1, 0.15) is 6.54 Å². The van der Waals surface area contributed by atoms with Gasteiger partial charge in [-0.1, -0.05) is 6.92 Å². The van der Waals surface area contributed by atoms with Crippen LogP contribution < -0.4 is 10.9 Å². The van der Waals surface area contributed by atoms with Crippen LogP contribution in [0.2, 0.25) is 0 Å². The van der Waals surface area contributed by atoms with Crippen molar-refractivity contribution in [3.05, 3.63) is 45.7 Å². The number of benzene rings is 1. The lowest BCUT2D eigenvalue weighted by Crippen LogP contribution is -2.60. The van der Waals surface area contributed by atoms with Gasteiger partial charge in [0, 0.05) is 29.7 Å². The number of ether oxygens (including phenoxy) is 1. The lowest BCUT2D eigenvalue weighted by molar-refractivity contribution is -0.127. The van der Waals surface area contributed by atoms with Crippen molar-refractivity contribution in [3.63, 3.8) is 0 Å². The molecule has 0 unspecified atom stereocenters. The molecule has 0 spiro atoms. The lowest BCUT2D eigenvalue weighted by atomic mass is 9.53. The smallest absolute Gasteiger partial charge is 0.254 e. The molecule has 5 aliphatic rings. The first kappa shape index (κ1) is 24.8. The number of carbonyl (C=O) groups is 2. The summed E-state index contributed by atoms with van der Waals surface area (Å²) in [6.07, 6.45) is 11.6. The molecule has 0 radical (unpaired) electrons. The Labute approximate surface area is 219 Å². The highest BCUT2D eigenvalue weighted by molar-refractivity contribution is 6.01. The van der Waals surface area contributed by atoms with E-state index < -0.39 is 0 Å². The maximum atomic E-state index is 13.4. The molecule has 1 amide bonds. The van der Waals surface area contributed by atoms with E-state index >= 15 is 0 Å². The van der Waals surface area contributed by atoms with Gasteiger partial charge in [-0.2, -0.15) is 0 Å². The fourth-order valence-corrected chi connectivity index (χ4v) is 8.55. The molecule has 0 aliphatic heterocycles. The van der Waals surface area contributed by atoms with Crippen LogP contribution in [-0.4, -0.2) is 35.0 Å². The van der Waals surface area contributed by atoms with E-state index in [4.69, 9.17) is 4.74 Å². The van der Waals surface area contributed by atoms with Crippen LogP contribution in [0.5, 0.6) is 0 Å². The maximum Gasteiger partial charge on any atom is 0.254 e. The molecular formula is C31H40N2O4. The van der Waals surface area contributed by atoms with Crippen molar-refractivity contribution in [2.45, 2.75) is 95.7 Å². The molecule has 1 aromatic carbocycles. The molecule has 6 nitrogen and oxygen atoms in total. The molecule has 1 aromatic heterocycles. The van der Waals surface area contributed by atoms with E-state index in [-0.39, 0.29) is 41.4 Å². The predicted octanol–water partition coefficient (Wildman–Crippen LogP) is 5.04. The quantitative estimate of drug-likeness (QED) is 0.536. The monoisotopic (exact) mass is 504 g/mol. The second-order valence-corrected chi connectivity index (χ2v) is 12.5. The molecule has 1 heterocycles. The zero-order chi connectivity index (χ0) is 25.7. The highest BCUT2D eigenvalue weighted by atomic mass is 16.5. The third kappa shape index (κ3) is 4.67. The number of Topliss-reactive ketones (excluding diaryl/α,β-unsaturated/α-hetero) is 1. The van der Waals surface area contributed by atoms with Crippen molar-refractivity contribution < 1.29 is 14.3 Å². The molecule has 5 saturated carbocycles. The first-order valence-electron chi connectivity index (χ1n) is 14.4. The van der Waals surface area contributed by atoms with E-state index in [1.165, 1.54) is 19.3 Å². The van der Waals surface area contributed by atoms with Gasteiger partial charge in [-0.05, 0) is 118 Å². The Morgan fingerprint density at radius 2 is 1.65 bits per heavy atom. The number of aromatic nitrogens is 1. The lowest BCUT2D eigenvalue weighted by Gasteiger charge is -2.56. The second-order valence-electron chi connectivity index (χ2n) is 12.5. The molecule has 2 aromatic rings. The third-order valence-corrected chi connectivity index (χ3v) is 9.96. The summed E-state index contributed by atoms with van der Waals surface area (Å²) in [5.74, 6) is 2.38. The average molecular weight is 505 g/mol. The second kappa shape index (κ2) is 9.68. The number of aryl methyl sites for hydroxylation is 1. The number of methoxy groups -OCH3 is 1. The summed E-state index contributed by atoms with van der Waals surface area (Å²) < 4.78 is 7.09. The Morgan fingerprint density at radius 3 is 2.24 bits per heavy atom. The van der Waals surface area contributed by atoms with E-state index in [2.05, 4.69) is 5.32 Å². The van der Waals surface area contributed by atoms with Crippen LogP contribution in [0.3, 0.4) is 0 Å². The number of hydrogen-bond acceptors (Lipinski definition) is 4. The van der Waals surface area contributed by atoms with Crippen LogP contribution >= 0.6 is 0 Å². The standard InChI is InChI=1S/C31H40N2O4/c1-3-22-13-25-14-24(29(35)23-4-7-26(37-2)8-5-23)6-9-27(25)33(30(22)36)18-28(34)32-31-15-19-10-20(16-31)12-21(11-19)17-31/h6,9,13-14,19-21,23,26H,3-5,7-8,10-12,15-18H2,1-2H3,(H,32,34). The van der Waals surface area contributed by atoms with Gasteiger partial charge in [-0.25, -0.2) is 0 Å². The third-order valence-electron chi connectivity index (χ3n) is 9.96. The van der Waals surface area contributed by atoms with E-state index in [0.717, 1.165) is 73.6 Å². The van der Waals surface area contributed by atoms with Crippen LogP contribution in [0.4, 0.5) is 0 Å². The number of nitrogens with one attached hydrogen (secondary N) is 1. The summed E-state index contributed by atoms with van der Waals surface area (Å²) in [5.41, 5.74) is 1.92. The summed E-state index contributed by atoms with van der Waals surface area (Å²) in [4.78, 5) is 40.0. The average Bonchev–Trinajstić information content (AvgIpc) is 2.88. The molecule has 5 aliphatic carbocycles. The summed E-state index contributed by atoms with van der Waals surface area (Å²) in [6.45, 7) is 1.99. The van der Waals surface area contributed by atoms with Crippen LogP contribution in [0.25, 0.3) is 10.9 Å². The van der Waals surface area contributed by atoms with Gasteiger partial charge in [0.2, 0.25) is 5.91 Å². The van der Waals surface area contributed by atoms with Gasteiger partial charge in [-0.3, -0.25) is 19.0 Å². The Morgan fingerprint density at radius 1 is 1.00 bits per heavy atom. The van der Waals surface area contributed by atoms with Crippen molar-refractivity contribution in [2.24, 2.45) is 23.7 Å². The number of pyridine rings is 1. The highest BCUT2D eigenvalue weighted by Gasteiger charge is 2.51. The first-order chi connectivity index (χ1) is 17.9. The number of hydrogen-bond donors (Lipinski definition) is 1. The summed E-state index contributed by atoms with van der Waals surface area (Å²) in [7, 11) is 1.74. The first-order valence-corrected chi connectivity index (χ1v) is 14.4. The summed E-state index contributed by atoms with van der Waals surface area (Å²) >= 11 is 0. The van der Waals surface area contributed by atoms with Crippen LogP contribution in [0, 0.1) is 23.7 Å². The van der Waals surface area contributed by atoms with Crippen LogP contribution in [-0.2, 0) is 22.5 Å². The van der Waals surface area contributed by atoms with E-state index in [9.17, 15) is 14.4 Å². The van der Waals surface area contributed by atoms with Gasteiger partial charge in [0.25, 0.3) is 5.56 Å². The zero-order valence-electron chi connectivity index (χ0n) is 22.3. The van der Waals surface area contributed by atoms with Gasteiger partial charge in [-0.15, -0.1) is 0 Å². The summed E-state index contributed by atoms with van der Waals surface area (Å²) in [5, 5.41) is 4.28. The van der Waals surface area contributed by atoms with Gasteiger partial charge in [0.15, 0.2) is 5.78 Å². The number of nitrogens with zero attached hydrogens (tertiary/aromatic N) is 1. The number of carbonyl (C=O) groups excluding carboxylic acids is 2. The van der Waals surface area contributed by atoms with Gasteiger partial charge in [0.05, 0.1) is 11.6 Å². The van der Waals surface area contributed by atoms with Crippen molar-refractivity contribution in [1.29, 1.82) is 0 Å². The van der Waals surface area contributed by atoms with Crippen LogP contribution in [0.1, 0.15) is 87.1 Å². The number of fused-ring (bicyclic) bond motifs is 1. The van der Waals surface area contributed by atoms with Crippen molar-refractivity contribution in [1.82, 2.24) is 9.88 Å². The summed E-state index contributed by atoms with van der Waals surface area (Å²) in [6, 6.07) is 7.53. The Bertz CT molecular complexity index is 1230. The highest BCUT2D eigenvalue weighted by Crippen LogP contribution is 2.55. The number of ketones is 1. The number of amides is 1. The van der Waals surface area contributed by atoms with Gasteiger partial charge < -0.3 is 10.1 Å². The van der Waals surface area contributed by atoms with Gasteiger partial charge >= 0.3 is 0 Å². The SMILES string of the molecule is CCc1cc2cc(C(=O)C3CCC(OC)CC3)ccc2n(CC(=O)NC23CC4CC(CC(C4)C2)C3)c1=O. The Kier molecular flexibility index (Phi) is 6.50. The fourth-order valence-electron chi connectivity index (χ4n) is 8.55. The molecule has 6 heteroatoms. The Balaban J connectivity index is 1.25. The number of rotatable bonds is 7.